The van der Waals surface area contributed by atoms with E-state index in [-0.39, 0.29) is 5.56 Å². The predicted octanol–water partition coefficient (Wildman–Crippen LogP) is 1.50. The number of nitrogens with one attached hydrogen (secondary N) is 1. The quantitative estimate of drug-likeness (QED) is 0.813. The monoisotopic (exact) mass is 233 g/mol. The molecule has 0 saturated carbocycles. The molecule has 0 fully saturated rings. The average molecular weight is 233 g/mol. The van der Waals surface area contributed by atoms with Crippen molar-refractivity contribution in [2.45, 2.75) is 11.3 Å². The number of pyridine rings is 1. The highest BCUT2D eigenvalue weighted by Crippen LogP contribution is 2.16. The molecule has 0 spiro atoms. The van der Waals surface area contributed by atoms with Gasteiger partial charge in [-0.25, -0.2) is 4.98 Å². The van der Waals surface area contributed by atoms with E-state index in [2.05, 4.69) is 15.0 Å². The zero-order chi connectivity index (χ0) is 11.2. The summed E-state index contributed by atoms with van der Waals surface area (Å²) in [5, 5.41) is 0. The van der Waals surface area contributed by atoms with E-state index in [0.717, 1.165) is 22.9 Å². The largest absolute Gasteiger partial charge is 0.311 e. The van der Waals surface area contributed by atoms with E-state index in [0.29, 0.717) is 0 Å². The van der Waals surface area contributed by atoms with Gasteiger partial charge in [0.1, 0.15) is 5.82 Å². The number of rotatable bonds is 4. The molecule has 1 N–H and O–H groups in total. The van der Waals surface area contributed by atoms with Crippen LogP contribution in [0.4, 0.5) is 0 Å². The summed E-state index contributed by atoms with van der Waals surface area (Å²) in [5.41, 5.74) is -0.101. The van der Waals surface area contributed by atoms with Gasteiger partial charge in [0.25, 0.3) is 5.56 Å². The van der Waals surface area contributed by atoms with Crippen LogP contribution >= 0.6 is 11.8 Å². The molecule has 2 aromatic heterocycles. The summed E-state index contributed by atoms with van der Waals surface area (Å²) in [5.74, 6) is 1.60. The molecule has 0 aromatic carbocycles. The van der Waals surface area contributed by atoms with Gasteiger partial charge in [0.2, 0.25) is 0 Å². The predicted molar refractivity (Wildman–Crippen MR) is 63.5 cm³/mol. The van der Waals surface area contributed by atoms with Crippen molar-refractivity contribution in [2.24, 2.45) is 0 Å². The third kappa shape index (κ3) is 3.20. The van der Waals surface area contributed by atoms with Crippen molar-refractivity contribution < 1.29 is 0 Å². The van der Waals surface area contributed by atoms with Crippen LogP contribution < -0.4 is 5.56 Å². The van der Waals surface area contributed by atoms with E-state index < -0.39 is 0 Å². The first kappa shape index (κ1) is 10.9. The van der Waals surface area contributed by atoms with Gasteiger partial charge in [-0.1, -0.05) is 0 Å². The Kier molecular flexibility index (Phi) is 3.71. The molecule has 0 saturated heterocycles. The number of H-pyrrole nitrogens is 1. The standard InChI is InChI=1S/C11H11N3OS/c15-11-3-6-13-10(14-11)4-7-16-9-2-1-5-12-8-9/h1-3,5-6,8H,4,7H2,(H,13,14,15). The van der Waals surface area contributed by atoms with Gasteiger partial charge < -0.3 is 4.98 Å². The molecule has 16 heavy (non-hydrogen) atoms. The molecule has 2 aromatic rings. The molecule has 0 radical (unpaired) electrons. The van der Waals surface area contributed by atoms with Crippen LogP contribution in [0, 0.1) is 0 Å². The minimum Gasteiger partial charge on any atom is -0.311 e. The van der Waals surface area contributed by atoms with Crippen LogP contribution in [0.3, 0.4) is 0 Å². The first-order valence-electron chi connectivity index (χ1n) is 4.91. The Morgan fingerprint density at radius 3 is 3.00 bits per heavy atom. The Morgan fingerprint density at radius 1 is 1.31 bits per heavy atom. The fraction of sp³-hybridized carbons (Fsp3) is 0.182. The highest BCUT2D eigenvalue weighted by atomic mass is 32.2. The second-order valence-corrected chi connectivity index (χ2v) is 4.34. The lowest BCUT2D eigenvalue weighted by molar-refractivity contribution is 0.927. The fourth-order valence-electron chi connectivity index (χ4n) is 1.24. The molecular weight excluding hydrogens is 222 g/mol. The minimum atomic E-state index is -0.101. The SMILES string of the molecule is O=c1ccnc(CCSc2cccnc2)[nH]1. The number of hydrogen-bond acceptors (Lipinski definition) is 4. The van der Waals surface area contributed by atoms with Crippen LogP contribution in [0.2, 0.25) is 0 Å². The van der Waals surface area contributed by atoms with Crippen LogP contribution in [-0.4, -0.2) is 20.7 Å². The van der Waals surface area contributed by atoms with Crippen molar-refractivity contribution in [3.05, 3.63) is 53.0 Å². The van der Waals surface area contributed by atoms with E-state index in [4.69, 9.17) is 0 Å². The molecule has 5 heteroatoms. The maximum Gasteiger partial charge on any atom is 0.250 e. The van der Waals surface area contributed by atoms with Crippen molar-refractivity contribution in [3.63, 3.8) is 0 Å². The molecule has 2 heterocycles. The van der Waals surface area contributed by atoms with Gasteiger partial charge in [-0.05, 0) is 12.1 Å². The van der Waals surface area contributed by atoms with Crippen LogP contribution in [0.1, 0.15) is 5.82 Å². The van der Waals surface area contributed by atoms with E-state index in [1.165, 1.54) is 12.3 Å². The fourth-order valence-corrected chi connectivity index (χ4v) is 2.08. The average Bonchev–Trinajstić information content (AvgIpc) is 2.30. The maximum atomic E-state index is 11.0. The number of aromatic nitrogens is 3. The lowest BCUT2D eigenvalue weighted by atomic mass is 10.4. The number of aryl methyl sites for hydroxylation is 1. The molecule has 0 unspecified atom stereocenters. The smallest absolute Gasteiger partial charge is 0.250 e. The normalized spacial score (nSPS) is 10.2. The summed E-state index contributed by atoms with van der Waals surface area (Å²) in [6, 6.07) is 5.33. The summed E-state index contributed by atoms with van der Waals surface area (Å²) >= 11 is 1.70. The Balaban J connectivity index is 1.87. The van der Waals surface area contributed by atoms with Crippen molar-refractivity contribution in [1.82, 2.24) is 15.0 Å². The van der Waals surface area contributed by atoms with Crippen molar-refractivity contribution in [1.29, 1.82) is 0 Å². The third-order valence-electron chi connectivity index (χ3n) is 1.97. The van der Waals surface area contributed by atoms with E-state index >= 15 is 0 Å². The van der Waals surface area contributed by atoms with Crippen LogP contribution in [0.15, 0.2) is 46.5 Å². The number of thioether (sulfide) groups is 1. The van der Waals surface area contributed by atoms with E-state index in [9.17, 15) is 4.79 Å². The van der Waals surface area contributed by atoms with E-state index in [1.54, 1.807) is 18.0 Å². The van der Waals surface area contributed by atoms with E-state index in [1.807, 2.05) is 18.3 Å². The van der Waals surface area contributed by atoms with Gasteiger partial charge in [0.05, 0.1) is 0 Å². The molecule has 2 rings (SSSR count). The van der Waals surface area contributed by atoms with Gasteiger partial charge >= 0.3 is 0 Å². The van der Waals surface area contributed by atoms with Gasteiger partial charge in [0.15, 0.2) is 0 Å². The Labute approximate surface area is 97.2 Å². The topological polar surface area (TPSA) is 58.6 Å². The third-order valence-corrected chi connectivity index (χ3v) is 2.95. The number of nitrogens with zero attached hydrogens (tertiary/aromatic N) is 2. The summed E-state index contributed by atoms with van der Waals surface area (Å²) in [6.07, 6.45) is 5.85. The lowest BCUT2D eigenvalue weighted by Gasteiger charge is -2.00. The zero-order valence-electron chi connectivity index (χ0n) is 8.59. The van der Waals surface area contributed by atoms with Crippen molar-refractivity contribution >= 4 is 11.8 Å². The second kappa shape index (κ2) is 5.46. The van der Waals surface area contributed by atoms with Crippen LogP contribution in [0.5, 0.6) is 0 Å². The lowest BCUT2D eigenvalue weighted by Crippen LogP contribution is -2.09. The molecular formula is C11H11N3OS. The Morgan fingerprint density at radius 2 is 2.25 bits per heavy atom. The van der Waals surface area contributed by atoms with Gasteiger partial charge in [-0.2, -0.15) is 0 Å². The van der Waals surface area contributed by atoms with Crippen LogP contribution in [-0.2, 0) is 6.42 Å². The van der Waals surface area contributed by atoms with Crippen molar-refractivity contribution in [3.8, 4) is 0 Å². The van der Waals surface area contributed by atoms with Gasteiger partial charge in [-0.3, -0.25) is 9.78 Å². The van der Waals surface area contributed by atoms with Gasteiger partial charge in [-0.15, -0.1) is 11.8 Å². The number of hydrogen-bond donors (Lipinski definition) is 1. The van der Waals surface area contributed by atoms with Crippen molar-refractivity contribution in [2.75, 3.05) is 5.75 Å². The number of aromatic amines is 1. The first-order valence-corrected chi connectivity index (χ1v) is 5.90. The first-order chi connectivity index (χ1) is 7.84. The molecule has 0 bridgehead atoms. The highest BCUT2D eigenvalue weighted by molar-refractivity contribution is 7.99. The van der Waals surface area contributed by atoms with Gasteiger partial charge in [0, 0.05) is 41.7 Å². The summed E-state index contributed by atoms with van der Waals surface area (Å²) < 4.78 is 0. The molecule has 0 aliphatic rings. The molecule has 0 amide bonds. The second-order valence-electron chi connectivity index (χ2n) is 3.17. The Bertz CT molecular complexity index is 498. The van der Waals surface area contributed by atoms with Crippen LogP contribution in [0.25, 0.3) is 0 Å². The summed E-state index contributed by atoms with van der Waals surface area (Å²) in [6.45, 7) is 0. The molecule has 4 nitrogen and oxygen atoms in total. The summed E-state index contributed by atoms with van der Waals surface area (Å²) in [4.78, 5) is 23.0. The Hall–Kier alpha value is -1.62. The molecule has 0 atom stereocenters. The molecule has 82 valence electrons. The highest BCUT2D eigenvalue weighted by Gasteiger charge is 1.97. The maximum absolute atomic E-state index is 11.0. The minimum absolute atomic E-state index is 0.101. The zero-order valence-corrected chi connectivity index (χ0v) is 9.41. The summed E-state index contributed by atoms with van der Waals surface area (Å²) in [7, 11) is 0. The molecule has 0 aliphatic heterocycles. The molecule has 0 aliphatic carbocycles.